The summed E-state index contributed by atoms with van der Waals surface area (Å²) in [4.78, 5) is 25.0. The monoisotopic (exact) mass is 388 g/mol. The van der Waals surface area contributed by atoms with E-state index < -0.39 is 29.3 Å². The number of rotatable bonds is 3. The molecule has 0 aromatic heterocycles. The zero-order chi connectivity index (χ0) is 20.1. The van der Waals surface area contributed by atoms with Crippen LogP contribution in [0.3, 0.4) is 0 Å². The maximum absolute atomic E-state index is 12.9. The van der Waals surface area contributed by atoms with Gasteiger partial charge in [0.05, 0.1) is 24.2 Å². The van der Waals surface area contributed by atoms with E-state index in [2.05, 4.69) is 17.2 Å². The molecule has 2 aromatic carbocycles. The van der Waals surface area contributed by atoms with Gasteiger partial charge in [-0.1, -0.05) is 24.0 Å². The number of hydrogen-bond acceptors (Lipinski definition) is 3. The predicted octanol–water partition coefficient (Wildman–Crippen LogP) is 3.44. The molecule has 144 valence electrons. The van der Waals surface area contributed by atoms with Gasteiger partial charge in [-0.05, 0) is 36.4 Å². The van der Waals surface area contributed by atoms with Gasteiger partial charge in [-0.2, -0.15) is 13.2 Å². The maximum atomic E-state index is 12.9. The molecule has 8 heteroatoms. The van der Waals surface area contributed by atoms with E-state index in [1.165, 1.54) is 17.0 Å². The lowest BCUT2D eigenvalue weighted by Crippen LogP contribution is -2.26. The van der Waals surface area contributed by atoms with Crippen molar-refractivity contribution in [1.29, 1.82) is 0 Å². The maximum Gasteiger partial charge on any atom is 0.417 e. The summed E-state index contributed by atoms with van der Waals surface area (Å²) in [7, 11) is 0. The molecule has 0 aliphatic carbocycles. The number of ether oxygens (including phenoxy) is 1. The fourth-order valence-electron chi connectivity index (χ4n) is 2.65. The lowest BCUT2D eigenvalue weighted by Gasteiger charge is -2.12. The molecule has 2 amide bonds. The Morgan fingerprint density at radius 2 is 1.86 bits per heavy atom. The minimum absolute atomic E-state index is 0.106. The van der Waals surface area contributed by atoms with E-state index in [0.29, 0.717) is 24.4 Å². The Balaban J connectivity index is 1.60. The molecule has 1 fully saturated rings. The highest BCUT2D eigenvalue weighted by Crippen LogP contribution is 2.31. The summed E-state index contributed by atoms with van der Waals surface area (Å²) in [5, 5.41) is 2.36. The highest BCUT2D eigenvalue weighted by Gasteiger charge is 2.34. The lowest BCUT2D eigenvalue weighted by molar-refractivity contribution is -0.137. The molecule has 5 nitrogen and oxygen atoms in total. The molecule has 3 rings (SSSR count). The number of cyclic esters (lactones) is 1. The minimum Gasteiger partial charge on any atom is -0.447 e. The molecule has 2 aromatic rings. The number of nitrogens with one attached hydrogen (secondary N) is 1. The van der Waals surface area contributed by atoms with E-state index in [0.717, 1.165) is 12.1 Å². The van der Waals surface area contributed by atoms with Crippen LogP contribution >= 0.6 is 0 Å². The van der Waals surface area contributed by atoms with Crippen molar-refractivity contribution >= 4 is 17.7 Å². The summed E-state index contributed by atoms with van der Waals surface area (Å²) in [6.07, 6.45) is -5.01. The van der Waals surface area contributed by atoms with Gasteiger partial charge in [-0.15, -0.1) is 0 Å². The van der Waals surface area contributed by atoms with E-state index in [1.807, 2.05) is 0 Å². The lowest BCUT2D eigenvalue weighted by atomic mass is 10.1. The van der Waals surface area contributed by atoms with Gasteiger partial charge in [0.1, 0.15) is 6.61 Å². The fraction of sp³-hybridized carbons (Fsp3) is 0.200. The Morgan fingerprint density at radius 3 is 2.50 bits per heavy atom. The van der Waals surface area contributed by atoms with Crippen LogP contribution in [0.4, 0.5) is 23.7 Å². The summed E-state index contributed by atoms with van der Waals surface area (Å²) >= 11 is 0. The average molecular weight is 388 g/mol. The van der Waals surface area contributed by atoms with Crippen LogP contribution in [0.2, 0.25) is 0 Å². The molecular formula is C20H15F3N2O3. The molecule has 0 spiro atoms. The highest BCUT2D eigenvalue weighted by molar-refractivity contribution is 5.96. The van der Waals surface area contributed by atoms with Crippen molar-refractivity contribution in [3.8, 4) is 11.8 Å². The standard InChI is InChI=1S/C20H15F3N2O3/c21-20(22,23)17-6-2-1-5-16(17)18(26)24-11-3-4-14-7-9-15(10-8-14)25-12-13-28-19(25)27/h1-2,5-10H,11-13H2,(H,24,26). The molecule has 0 atom stereocenters. The third-order valence-corrected chi connectivity index (χ3v) is 3.99. The second-order valence-corrected chi connectivity index (χ2v) is 5.84. The van der Waals surface area contributed by atoms with Crippen LogP contribution in [0.5, 0.6) is 0 Å². The quantitative estimate of drug-likeness (QED) is 0.820. The van der Waals surface area contributed by atoms with Gasteiger partial charge in [0.25, 0.3) is 5.91 Å². The molecule has 0 unspecified atom stereocenters. The molecule has 0 saturated carbocycles. The Kier molecular flexibility index (Phi) is 5.54. The first-order chi connectivity index (χ1) is 13.4. The second-order valence-electron chi connectivity index (χ2n) is 5.84. The van der Waals surface area contributed by atoms with Crippen molar-refractivity contribution in [2.24, 2.45) is 0 Å². The molecular weight excluding hydrogens is 373 g/mol. The van der Waals surface area contributed by atoms with E-state index >= 15 is 0 Å². The van der Waals surface area contributed by atoms with E-state index in [-0.39, 0.29) is 6.54 Å². The Bertz CT molecular complexity index is 944. The van der Waals surface area contributed by atoms with Gasteiger partial charge < -0.3 is 10.1 Å². The molecule has 1 N–H and O–H groups in total. The first kappa shape index (κ1) is 19.3. The molecule has 0 radical (unpaired) electrons. The number of nitrogens with zero attached hydrogens (tertiary/aromatic N) is 1. The van der Waals surface area contributed by atoms with Crippen molar-refractivity contribution in [2.45, 2.75) is 6.18 Å². The predicted molar refractivity (Wildman–Crippen MR) is 95.8 cm³/mol. The average Bonchev–Trinajstić information content (AvgIpc) is 3.11. The normalized spacial score (nSPS) is 13.5. The van der Waals surface area contributed by atoms with Crippen molar-refractivity contribution in [3.63, 3.8) is 0 Å². The molecule has 28 heavy (non-hydrogen) atoms. The Hall–Kier alpha value is -3.47. The van der Waals surface area contributed by atoms with Crippen LogP contribution in [0.15, 0.2) is 48.5 Å². The molecule has 1 aliphatic heterocycles. The number of amides is 2. The number of alkyl halides is 3. The number of halogens is 3. The van der Waals surface area contributed by atoms with Crippen molar-refractivity contribution in [3.05, 3.63) is 65.2 Å². The van der Waals surface area contributed by atoms with Gasteiger partial charge in [-0.25, -0.2) is 4.79 Å². The summed E-state index contributed by atoms with van der Waals surface area (Å²) < 4.78 is 43.7. The van der Waals surface area contributed by atoms with Gasteiger partial charge in [-0.3, -0.25) is 9.69 Å². The van der Waals surface area contributed by atoms with Gasteiger partial charge >= 0.3 is 12.3 Å². The van der Waals surface area contributed by atoms with Crippen LogP contribution in [-0.4, -0.2) is 31.7 Å². The zero-order valence-electron chi connectivity index (χ0n) is 14.5. The summed E-state index contributed by atoms with van der Waals surface area (Å²) in [6, 6.07) is 11.4. The number of hydrogen-bond donors (Lipinski definition) is 1. The summed E-state index contributed by atoms with van der Waals surface area (Å²) in [6.45, 7) is 0.720. The first-order valence-corrected chi connectivity index (χ1v) is 8.34. The second kappa shape index (κ2) is 8.05. The number of anilines is 1. The third kappa shape index (κ3) is 4.43. The minimum atomic E-state index is -4.61. The largest absolute Gasteiger partial charge is 0.447 e. The van der Waals surface area contributed by atoms with E-state index in [4.69, 9.17) is 4.74 Å². The summed E-state index contributed by atoms with van der Waals surface area (Å²) in [5.74, 6) is 4.65. The van der Waals surface area contributed by atoms with Gasteiger partial charge in [0.2, 0.25) is 0 Å². The highest BCUT2D eigenvalue weighted by atomic mass is 19.4. The topological polar surface area (TPSA) is 58.6 Å². The Morgan fingerprint density at radius 1 is 1.14 bits per heavy atom. The number of carbonyl (C=O) groups excluding carboxylic acids is 2. The van der Waals surface area contributed by atoms with Crippen LogP contribution in [0.1, 0.15) is 21.5 Å². The van der Waals surface area contributed by atoms with E-state index in [9.17, 15) is 22.8 Å². The SMILES string of the molecule is O=C(NCC#Cc1ccc(N2CCOC2=O)cc1)c1ccccc1C(F)(F)F. The van der Waals surface area contributed by atoms with Gasteiger partial charge in [0, 0.05) is 11.3 Å². The smallest absolute Gasteiger partial charge is 0.417 e. The Labute approximate surface area is 159 Å². The van der Waals surface area contributed by atoms with Crippen LogP contribution in [0, 0.1) is 11.8 Å². The fourth-order valence-corrected chi connectivity index (χ4v) is 2.65. The number of benzene rings is 2. The van der Waals surface area contributed by atoms with Crippen molar-refractivity contribution < 1.29 is 27.5 Å². The molecule has 1 heterocycles. The van der Waals surface area contributed by atoms with Crippen LogP contribution in [-0.2, 0) is 10.9 Å². The summed E-state index contributed by atoms with van der Waals surface area (Å²) in [5.41, 5.74) is -0.110. The van der Waals surface area contributed by atoms with Gasteiger partial charge in [0.15, 0.2) is 0 Å². The zero-order valence-corrected chi connectivity index (χ0v) is 14.5. The molecule has 1 saturated heterocycles. The van der Waals surface area contributed by atoms with Crippen molar-refractivity contribution in [1.82, 2.24) is 5.32 Å². The van der Waals surface area contributed by atoms with E-state index in [1.54, 1.807) is 24.3 Å². The number of carbonyl (C=O) groups is 2. The first-order valence-electron chi connectivity index (χ1n) is 8.34. The molecule has 1 aliphatic rings. The van der Waals surface area contributed by atoms with Crippen LogP contribution < -0.4 is 10.2 Å². The van der Waals surface area contributed by atoms with Crippen LogP contribution in [0.25, 0.3) is 0 Å². The third-order valence-electron chi connectivity index (χ3n) is 3.99. The van der Waals surface area contributed by atoms with Crippen molar-refractivity contribution in [2.75, 3.05) is 24.6 Å². The molecule has 0 bridgehead atoms.